The molecule has 1 aromatic carbocycles. The molecule has 0 spiro atoms. The Kier molecular flexibility index (Phi) is 6.18. The summed E-state index contributed by atoms with van der Waals surface area (Å²) < 4.78 is 27.2. The molecule has 0 aliphatic carbocycles. The molecule has 112 valence electrons. The van der Waals surface area contributed by atoms with Crippen molar-refractivity contribution in [3.63, 3.8) is 0 Å². The number of hydrogen-bond donors (Lipinski definition) is 1. The topological polar surface area (TPSA) is 12.0 Å². The molecule has 0 saturated carbocycles. The highest BCUT2D eigenvalue weighted by atomic mass is 32.2. The van der Waals surface area contributed by atoms with Crippen LogP contribution in [0.15, 0.2) is 18.2 Å². The molecule has 2 rings (SSSR count). The number of hydrogen-bond acceptors (Lipinski definition) is 3. The van der Waals surface area contributed by atoms with E-state index in [0.29, 0.717) is 22.5 Å². The highest BCUT2D eigenvalue weighted by molar-refractivity contribution is 8.07. The van der Waals surface area contributed by atoms with Crippen molar-refractivity contribution in [1.29, 1.82) is 0 Å². The van der Waals surface area contributed by atoms with Gasteiger partial charge in [0.15, 0.2) is 11.6 Å². The maximum Gasteiger partial charge on any atom is 0.162 e. The van der Waals surface area contributed by atoms with Crippen LogP contribution in [-0.2, 0) is 6.42 Å². The van der Waals surface area contributed by atoms with Gasteiger partial charge in [-0.15, -0.1) is 0 Å². The molecule has 1 fully saturated rings. The van der Waals surface area contributed by atoms with Crippen LogP contribution in [0.25, 0.3) is 0 Å². The molecule has 1 heterocycles. The van der Waals surface area contributed by atoms with Gasteiger partial charge in [-0.2, -0.15) is 23.5 Å². The summed E-state index contributed by atoms with van der Waals surface area (Å²) in [7, 11) is 0. The van der Waals surface area contributed by atoms with Crippen LogP contribution < -0.4 is 5.32 Å². The van der Waals surface area contributed by atoms with Gasteiger partial charge in [-0.05, 0) is 24.6 Å². The predicted molar refractivity (Wildman–Crippen MR) is 85.7 cm³/mol. The summed E-state index contributed by atoms with van der Waals surface area (Å²) in [6.45, 7) is 5.13. The van der Waals surface area contributed by atoms with Crippen molar-refractivity contribution < 1.29 is 8.78 Å². The Bertz CT molecular complexity index is 442. The second-order valence-corrected chi connectivity index (χ2v) is 7.76. The van der Waals surface area contributed by atoms with Gasteiger partial charge < -0.3 is 5.32 Å². The first-order valence-electron chi connectivity index (χ1n) is 7.03. The molecule has 0 radical (unpaired) electrons. The summed E-state index contributed by atoms with van der Waals surface area (Å²) in [5, 5.41) is 4.43. The van der Waals surface area contributed by atoms with Gasteiger partial charge in [-0.3, -0.25) is 0 Å². The smallest absolute Gasteiger partial charge is 0.162 e. The third-order valence-corrected chi connectivity index (χ3v) is 6.82. The van der Waals surface area contributed by atoms with E-state index in [4.69, 9.17) is 0 Å². The van der Waals surface area contributed by atoms with E-state index in [1.54, 1.807) is 12.1 Å². The molecule has 0 aromatic heterocycles. The van der Waals surface area contributed by atoms with Crippen LogP contribution in [0, 0.1) is 11.6 Å². The van der Waals surface area contributed by atoms with E-state index in [9.17, 15) is 8.78 Å². The Morgan fingerprint density at radius 3 is 2.75 bits per heavy atom. The van der Waals surface area contributed by atoms with Gasteiger partial charge in [0.2, 0.25) is 0 Å². The monoisotopic (exact) mass is 317 g/mol. The van der Waals surface area contributed by atoms with Crippen molar-refractivity contribution in [3.8, 4) is 0 Å². The Morgan fingerprint density at radius 1 is 1.30 bits per heavy atom. The fraction of sp³-hybridized carbons (Fsp3) is 0.600. The van der Waals surface area contributed by atoms with Gasteiger partial charge >= 0.3 is 0 Å². The number of likely N-dealkylation sites (N-methyl/N-ethyl adjacent to an activating group) is 1. The van der Waals surface area contributed by atoms with E-state index in [0.717, 1.165) is 12.3 Å². The molecule has 1 aliphatic heterocycles. The SMILES string of the molecule is CCNC(Cc1cccc(F)c1F)C1SCCSC1C. The fourth-order valence-electron chi connectivity index (χ4n) is 2.60. The van der Waals surface area contributed by atoms with E-state index in [2.05, 4.69) is 19.2 Å². The van der Waals surface area contributed by atoms with E-state index in [-0.39, 0.29) is 6.04 Å². The molecule has 3 atom stereocenters. The lowest BCUT2D eigenvalue weighted by atomic mass is 10.0. The molecule has 0 amide bonds. The number of thioether (sulfide) groups is 2. The number of halogens is 2. The molecule has 0 bridgehead atoms. The van der Waals surface area contributed by atoms with Crippen LogP contribution in [0.3, 0.4) is 0 Å². The lowest BCUT2D eigenvalue weighted by Crippen LogP contribution is -2.45. The van der Waals surface area contributed by atoms with Gasteiger partial charge in [0.1, 0.15) is 0 Å². The van der Waals surface area contributed by atoms with Crippen molar-refractivity contribution in [3.05, 3.63) is 35.4 Å². The highest BCUT2D eigenvalue weighted by Gasteiger charge is 2.30. The van der Waals surface area contributed by atoms with Crippen LogP contribution in [0.2, 0.25) is 0 Å². The number of benzene rings is 1. The normalized spacial score (nSPS) is 24.6. The van der Waals surface area contributed by atoms with Crippen LogP contribution in [0.5, 0.6) is 0 Å². The standard InChI is InChI=1S/C15H21F2NS2/c1-3-18-13(15-10(2)19-7-8-20-15)9-11-5-4-6-12(16)14(11)17/h4-6,10,13,15,18H,3,7-9H2,1-2H3. The van der Waals surface area contributed by atoms with Gasteiger partial charge in [0.05, 0.1) is 0 Å². The second kappa shape index (κ2) is 7.66. The number of nitrogens with one attached hydrogen (secondary N) is 1. The molecule has 20 heavy (non-hydrogen) atoms. The van der Waals surface area contributed by atoms with E-state index < -0.39 is 11.6 Å². The summed E-state index contributed by atoms with van der Waals surface area (Å²) in [5.74, 6) is 0.857. The zero-order valence-electron chi connectivity index (χ0n) is 11.9. The third-order valence-electron chi connectivity index (χ3n) is 3.57. The summed E-state index contributed by atoms with van der Waals surface area (Å²) in [5.41, 5.74) is 0.472. The lowest BCUT2D eigenvalue weighted by molar-refractivity contribution is 0.466. The Hall–Kier alpha value is -0.260. The molecule has 1 aliphatic rings. The van der Waals surface area contributed by atoms with Crippen LogP contribution in [0.4, 0.5) is 8.78 Å². The summed E-state index contributed by atoms with van der Waals surface area (Å²) in [6.07, 6.45) is 0.542. The zero-order chi connectivity index (χ0) is 14.5. The van der Waals surface area contributed by atoms with Crippen molar-refractivity contribution >= 4 is 23.5 Å². The van der Waals surface area contributed by atoms with Gasteiger partial charge in [-0.1, -0.05) is 26.0 Å². The van der Waals surface area contributed by atoms with Crippen molar-refractivity contribution in [1.82, 2.24) is 5.32 Å². The third kappa shape index (κ3) is 3.89. The lowest BCUT2D eigenvalue weighted by Gasteiger charge is -2.35. The summed E-state index contributed by atoms with van der Waals surface area (Å²) in [4.78, 5) is 0. The minimum Gasteiger partial charge on any atom is -0.313 e. The summed E-state index contributed by atoms with van der Waals surface area (Å²) >= 11 is 3.92. The number of rotatable bonds is 5. The van der Waals surface area contributed by atoms with Gasteiger partial charge in [0, 0.05) is 28.0 Å². The molecule has 1 nitrogen and oxygen atoms in total. The predicted octanol–water partition coefficient (Wildman–Crippen LogP) is 3.72. The Balaban J connectivity index is 2.14. The van der Waals surface area contributed by atoms with Gasteiger partial charge in [-0.25, -0.2) is 8.78 Å². The average Bonchev–Trinajstić information content (AvgIpc) is 2.44. The molecular weight excluding hydrogens is 296 g/mol. The Morgan fingerprint density at radius 2 is 2.05 bits per heavy atom. The van der Waals surface area contributed by atoms with Gasteiger partial charge in [0.25, 0.3) is 0 Å². The molecule has 3 unspecified atom stereocenters. The van der Waals surface area contributed by atoms with Crippen molar-refractivity contribution in [2.45, 2.75) is 36.8 Å². The van der Waals surface area contributed by atoms with Crippen LogP contribution >= 0.6 is 23.5 Å². The maximum atomic E-state index is 13.9. The van der Waals surface area contributed by atoms with Crippen LogP contribution in [0.1, 0.15) is 19.4 Å². The molecule has 1 N–H and O–H groups in total. The second-order valence-electron chi connectivity index (χ2n) is 4.99. The summed E-state index contributed by atoms with van der Waals surface area (Å²) in [6, 6.07) is 4.63. The molecule has 5 heteroatoms. The average molecular weight is 317 g/mol. The van der Waals surface area contributed by atoms with E-state index in [1.165, 1.54) is 11.8 Å². The first-order valence-corrected chi connectivity index (χ1v) is 9.12. The first-order chi connectivity index (χ1) is 9.63. The van der Waals surface area contributed by atoms with E-state index >= 15 is 0 Å². The molecule has 1 saturated heterocycles. The zero-order valence-corrected chi connectivity index (χ0v) is 13.5. The van der Waals surface area contributed by atoms with E-state index in [1.807, 2.05) is 23.5 Å². The Labute approximate surface area is 128 Å². The minimum atomic E-state index is -0.753. The largest absolute Gasteiger partial charge is 0.313 e. The minimum absolute atomic E-state index is 0.184. The quantitative estimate of drug-likeness (QED) is 0.889. The first kappa shape index (κ1) is 16.1. The molecular formula is C15H21F2NS2. The highest BCUT2D eigenvalue weighted by Crippen LogP contribution is 2.34. The maximum absolute atomic E-state index is 13.9. The van der Waals surface area contributed by atoms with Crippen molar-refractivity contribution in [2.24, 2.45) is 0 Å². The fourth-order valence-corrected chi connectivity index (χ4v) is 5.56. The van der Waals surface area contributed by atoms with Crippen molar-refractivity contribution in [2.75, 3.05) is 18.1 Å². The molecule has 1 aromatic rings. The van der Waals surface area contributed by atoms with Crippen LogP contribution in [-0.4, -0.2) is 34.6 Å².